The van der Waals surface area contributed by atoms with E-state index in [0.29, 0.717) is 23.6 Å². The Hall–Kier alpha value is -3.40. The molecular formula is C20H20N6O. The number of para-hydroxylation sites is 1. The highest BCUT2D eigenvalue weighted by Gasteiger charge is 2.25. The Morgan fingerprint density at radius 3 is 3.00 bits per heavy atom. The average Bonchev–Trinajstić information content (AvgIpc) is 3.13. The predicted molar refractivity (Wildman–Crippen MR) is 102 cm³/mol. The summed E-state index contributed by atoms with van der Waals surface area (Å²) in [5.74, 6) is 0.516. The van der Waals surface area contributed by atoms with Crippen LogP contribution in [-0.2, 0) is 7.05 Å². The van der Waals surface area contributed by atoms with E-state index in [0.717, 1.165) is 30.3 Å². The van der Waals surface area contributed by atoms with Crippen LogP contribution in [0.15, 0.2) is 42.9 Å². The quantitative estimate of drug-likeness (QED) is 0.774. The lowest BCUT2D eigenvalue weighted by atomic mass is 10.0. The van der Waals surface area contributed by atoms with Gasteiger partial charge in [0.2, 0.25) is 0 Å². The fraction of sp³-hybridized carbons (Fsp3) is 0.300. The molecule has 2 aromatic heterocycles. The summed E-state index contributed by atoms with van der Waals surface area (Å²) in [6.45, 7) is 1.44. The minimum absolute atomic E-state index is 0.00642. The SMILES string of the molecule is Cn1cnc(C(=O)NC2CCCN(c3nc4ccccc4cc3C#N)C2)c1. The summed E-state index contributed by atoms with van der Waals surface area (Å²) in [6, 6.07) is 11.9. The standard InChI is InChI=1S/C20H20N6O/c1-25-12-18(22-13-25)20(27)23-16-6-4-8-26(11-16)19-15(10-21)9-14-5-2-3-7-17(14)24-19/h2-3,5,7,9,12-13,16H,4,6,8,11H2,1H3,(H,23,27). The number of nitrogens with zero attached hydrogens (tertiary/aromatic N) is 5. The fourth-order valence-corrected chi connectivity index (χ4v) is 3.51. The molecule has 3 heterocycles. The Balaban J connectivity index is 1.55. The third-order valence-corrected chi connectivity index (χ3v) is 4.82. The molecule has 136 valence electrons. The van der Waals surface area contributed by atoms with Crippen molar-refractivity contribution >= 4 is 22.6 Å². The van der Waals surface area contributed by atoms with Crippen molar-refractivity contribution in [3.63, 3.8) is 0 Å². The van der Waals surface area contributed by atoms with Crippen molar-refractivity contribution in [3.8, 4) is 6.07 Å². The number of carbonyl (C=O) groups is 1. The van der Waals surface area contributed by atoms with Gasteiger partial charge >= 0.3 is 0 Å². The third-order valence-electron chi connectivity index (χ3n) is 4.82. The monoisotopic (exact) mass is 360 g/mol. The lowest BCUT2D eigenvalue weighted by Crippen LogP contribution is -2.48. The third kappa shape index (κ3) is 3.47. The van der Waals surface area contributed by atoms with Gasteiger partial charge in [-0.3, -0.25) is 4.79 Å². The van der Waals surface area contributed by atoms with Gasteiger partial charge in [0, 0.05) is 37.8 Å². The number of aryl methyl sites for hydroxylation is 1. The lowest BCUT2D eigenvalue weighted by molar-refractivity contribution is 0.0928. The maximum atomic E-state index is 12.4. The summed E-state index contributed by atoms with van der Waals surface area (Å²) in [5.41, 5.74) is 1.84. The van der Waals surface area contributed by atoms with Crippen molar-refractivity contribution in [1.82, 2.24) is 19.9 Å². The van der Waals surface area contributed by atoms with E-state index in [-0.39, 0.29) is 11.9 Å². The maximum absolute atomic E-state index is 12.4. The van der Waals surface area contributed by atoms with Crippen molar-refractivity contribution in [2.75, 3.05) is 18.0 Å². The van der Waals surface area contributed by atoms with Crippen molar-refractivity contribution in [1.29, 1.82) is 5.26 Å². The number of nitrogens with one attached hydrogen (secondary N) is 1. The van der Waals surface area contributed by atoms with Gasteiger partial charge in [0.05, 0.1) is 17.4 Å². The molecule has 1 amide bonds. The largest absolute Gasteiger partial charge is 0.353 e. The van der Waals surface area contributed by atoms with E-state index in [1.807, 2.05) is 37.4 Å². The zero-order valence-electron chi connectivity index (χ0n) is 15.1. The summed E-state index contributed by atoms with van der Waals surface area (Å²) < 4.78 is 1.75. The molecule has 1 unspecified atom stereocenters. The first kappa shape index (κ1) is 17.0. The van der Waals surface area contributed by atoms with E-state index >= 15 is 0 Å². The van der Waals surface area contributed by atoms with Crippen LogP contribution in [0.25, 0.3) is 10.9 Å². The maximum Gasteiger partial charge on any atom is 0.271 e. The van der Waals surface area contributed by atoms with Crippen molar-refractivity contribution in [3.05, 3.63) is 54.1 Å². The minimum atomic E-state index is -0.172. The van der Waals surface area contributed by atoms with E-state index in [2.05, 4.69) is 21.3 Å². The summed E-state index contributed by atoms with van der Waals surface area (Å²) in [6.07, 6.45) is 5.13. The molecule has 1 saturated heterocycles. The molecular weight excluding hydrogens is 340 g/mol. The summed E-state index contributed by atoms with van der Waals surface area (Å²) in [5, 5.41) is 13.6. The van der Waals surface area contributed by atoms with Crippen LogP contribution in [0.1, 0.15) is 28.9 Å². The Labute approximate surface area is 157 Å². The molecule has 0 saturated carbocycles. The van der Waals surface area contributed by atoms with Gasteiger partial charge in [-0.2, -0.15) is 5.26 Å². The van der Waals surface area contributed by atoms with Crippen LogP contribution in [0.4, 0.5) is 5.82 Å². The molecule has 1 aromatic carbocycles. The lowest BCUT2D eigenvalue weighted by Gasteiger charge is -2.34. The Morgan fingerprint density at radius 1 is 1.37 bits per heavy atom. The van der Waals surface area contributed by atoms with E-state index in [9.17, 15) is 10.1 Å². The summed E-state index contributed by atoms with van der Waals surface area (Å²) in [4.78, 5) is 23.3. The highest BCUT2D eigenvalue weighted by atomic mass is 16.2. The molecule has 0 spiro atoms. The van der Waals surface area contributed by atoms with Crippen LogP contribution in [-0.4, -0.2) is 39.6 Å². The number of pyridine rings is 1. The van der Waals surface area contributed by atoms with Gasteiger partial charge in [-0.25, -0.2) is 9.97 Å². The number of nitriles is 1. The first-order chi connectivity index (χ1) is 13.1. The smallest absolute Gasteiger partial charge is 0.271 e. The minimum Gasteiger partial charge on any atom is -0.353 e. The molecule has 7 nitrogen and oxygen atoms in total. The van der Waals surface area contributed by atoms with Crippen LogP contribution in [0.5, 0.6) is 0 Å². The van der Waals surface area contributed by atoms with Gasteiger partial charge < -0.3 is 14.8 Å². The first-order valence-electron chi connectivity index (χ1n) is 8.97. The van der Waals surface area contributed by atoms with E-state index in [4.69, 9.17) is 4.98 Å². The molecule has 1 atom stereocenters. The first-order valence-corrected chi connectivity index (χ1v) is 8.97. The molecule has 3 aromatic rings. The Bertz CT molecular complexity index is 1030. The van der Waals surface area contributed by atoms with Crippen molar-refractivity contribution in [2.45, 2.75) is 18.9 Å². The molecule has 27 heavy (non-hydrogen) atoms. The van der Waals surface area contributed by atoms with Gasteiger partial charge in [0.1, 0.15) is 17.6 Å². The van der Waals surface area contributed by atoms with Gasteiger partial charge in [-0.15, -0.1) is 0 Å². The molecule has 1 N–H and O–H groups in total. The molecule has 1 aliphatic heterocycles. The van der Waals surface area contributed by atoms with Gasteiger partial charge in [-0.1, -0.05) is 18.2 Å². The number of anilines is 1. The molecule has 4 rings (SSSR count). The van der Waals surface area contributed by atoms with Gasteiger partial charge in [0.15, 0.2) is 0 Å². The molecule has 0 bridgehead atoms. The highest BCUT2D eigenvalue weighted by molar-refractivity contribution is 5.92. The number of hydrogen-bond acceptors (Lipinski definition) is 5. The number of aromatic nitrogens is 3. The number of piperidine rings is 1. The van der Waals surface area contributed by atoms with E-state index < -0.39 is 0 Å². The van der Waals surface area contributed by atoms with Crippen molar-refractivity contribution < 1.29 is 4.79 Å². The van der Waals surface area contributed by atoms with Crippen molar-refractivity contribution in [2.24, 2.45) is 7.05 Å². The van der Waals surface area contributed by atoms with E-state index in [1.54, 1.807) is 17.1 Å². The second-order valence-electron chi connectivity index (χ2n) is 6.85. The molecule has 0 aliphatic carbocycles. The number of carbonyl (C=O) groups excluding carboxylic acids is 1. The van der Waals surface area contributed by atoms with Crippen LogP contribution < -0.4 is 10.2 Å². The van der Waals surface area contributed by atoms with Crippen LogP contribution in [0.2, 0.25) is 0 Å². The normalized spacial score (nSPS) is 16.9. The number of imidazole rings is 1. The van der Waals surface area contributed by atoms with Gasteiger partial charge in [-0.05, 0) is 25.0 Å². The average molecular weight is 360 g/mol. The van der Waals surface area contributed by atoms with Crippen LogP contribution in [0.3, 0.4) is 0 Å². The molecule has 1 aliphatic rings. The van der Waals surface area contributed by atoms with Crippen LogP contribution >= 0.6 is 0 Å². The number of benzene rings is 1. The zero-order chi connectivity index (χ0) is 18.8. The number of amides is 1. The second-order valence-corrected chi connectivity index (χ2v) is 6.85. The number of hydrogen-bond donors (Lipinski definition) is 1. The number of rotatable bonds is 3. The van der Waals surface area contributed by atoms with Gasteiger partial charge in [0.25, 0.3) is 5.91 Å². The Kier molecular flexibility index (Phi) is 4.47. The summed E-state index contributed by atoms with van der Waals surface area (Å²) in [7, 11) is 1.83. The topological polar surface area (TPSA) is 86.8 Å². The predicted octanol–water partition coefficient (Wildman–Crippen LogP) is 2.24. The highest BCUT2D eigenvalue weighted by Crippen LogP contribution is 2.25. The second kappa shape index (κ2) is 7.08. The van der Waals surface area contributed by atoms with E-state index in [1.165, 1.54) is 0 Å². The number of fused-ring (bicyclic) bond motifs is 1. The molecule has 1 fully saturated rings. The fourth-order valence-electron chi connectivity index (χ4n) is 3.51. The zero-order valence-corrected chi connectivity index (χ0v) is 15.1. The Morgan fingerprint density at radius 2 is 2.22 bits per heavy atom. The van der Waals surface area contributed by atoms with Crippen LogP contribution in [0, 0.1) is 11.3 Å². The molecule has 7 heteroatoms. The summed E-state index contributed by atoms with van der Waals surface area (Å²) >= 11 is 0. The molecule has 0 radical (unpaired) electrons.